The second-order valence-corrected chi connectivity index (χ2v) is 11.3. The minimum Gasteiger partial charge on any atom is -0.497 e. The Morgan fingerprint density at radius 3 is 2.73 bits per heavy atom. The molecule has 0 fully saturated rings. The molecule has 1 aromatic carbocycles. The number of anilines is 1. The van der Waals surface area contributed by atoms with Crippen molar-refractivity contribution in [2.24, 2.45) is 0 Å². The number of carbonyl (C=O) groups excluding carboxylic acids is 1. The lowest BCUT2D eigenvalue weighted by atomic mass is 9.90. The first-order valence-electron chi connectivity index (χ1n) is 11.1. The molecule has 0 saturated heterocycles. The topological polar surface area (TPSA) is 73.3 Å². The van der Waals surface area contributed by atoms with Gasteiger partial charge in [-0.2, -0.15) is 0 Å². The largest absolute Gasteiger partial charge is 0.497 e. The van der Waals surface area contributed by atoms with E-state index in [1.54, 1.807) is 30.2 Å². The fraction of sp³-hybridized carbons (Fsp3) is 0.458. The molecule has 0 spiro atoms. The number of rotatable bonds is 9. The van der Waals surface area contributed by atoms with Crippen molar-refractivity contribution in [3.05, 3.63) is 34.7 Å². The summed E-state index contributed by atoms with van der Waals surface area (Å²) in [6, 6.07) is 7.34. The summed E-state index contributed by atoms with van der Waals surface area (Å²) in [5, 5.41) is 5.72. The van der Waals surface area contributed by atoms with E-state index < -0.39 is 0 Å². The van der Waals surface area contributed by atoms with Gasteiger partial charge in [0.05, 0.1) is 25.1 Å². The summed E-state index contributed by atoms with van der Waals surface area (Å²) in [7, 11) is 1.62. The number of thiophene rings is 1. The van der Waals surface area contributed by atoms with E-state index in [-0.39, 0.29) is 17.3 Å². The smallest absolute Gasteiger partial charge is 0.234 e. The molecular formula is C24H29N3O3S3. The first kappa shape index (κ1) is 24.3. The maximum atomic E-state index is 12.7. The van der Waals surface area contributed by atoms with Gasteiger partial charge in [-0.15, -0.1) is 11.3 Å². The van der Waals surface area contributed by atoms with Crippen molar-refractivity contribution in [2.45, 2.75) is 62.4 Å². The van der Waals surface area contributed by atoms with E-state index >= 15 is 0 Å². The molecule has 1 atom stereocenters. The number of carbonyl (C=O) groups is 1. The number of fused-ring (bicyclic) bond motifs is 3. The molecule has 0 bridgehead atoms. The predicted octanol–water partition coefficient (Wildman–Crippen LogP) is 6.17. The third-order valence-corrected chi connectivity index (χ3v) is 8.81. The summed E-state index contributed by atoms with van der Waals surface area (Å²) in [5.74, 6) is 1.94. The van der Waals surface area contributed by atoms with E-state index in [4.69, 9.17) is 19.4 Å². The Balaban J connectivity index is 1.58. The van der Waals surface area contributed by atoms with E-state index in [1.165, 1.54) is 22.2 Å². The number of nitrogens with one attached hydrogen (secondary N) is 1. The molecule has 4 rings (SSSR count). The van der Waals surface area contributed by atoms with Gasteiger partial charge in [-0.1, -0.05) is 37.4 Å². The van der Waals surface area contributed by atoms with Gasteiger partial charge in [0, 0.05) is 28.1 Å². The monoisotopic (exact) mass is 503 g/mol. The van der Waals surface area contributed by atoms with Gasteiger partial charge in [-0.05, 0) is 49.6 Å². The molecule has 1 amide bonds. The van der Waals surface area contributed by atoms with Crippen LogP contribution in [0.25, 0.3) is 10.2 Å². The SMILES string of the molecule is CCCSc1nc(SCC(=O)Nc2ccc(OC)cc2)c2c3c(sc2n1)COC(C)(CC)C3. The number of methoxy groups -OCH3 is 1. The molecule has 1 aliphatic rings. The Morgan fingerprint density at radius 1 is 1.24 bits per heavy atom. The van der Waals surface area contributed by atoms with Crippen molar-refractivity contribution in [1.29, 1.82) is 0 Å². The lowest BCUT2D eigenvalue weighted by molar-refractivity contribution is -0.113. The van der Waals surface area contributed by atoms with Crippen LogP contribution in [-0.4, -0.2) is 40.1 Å². The zero-order chi connectivity index (χ0) is 23.4. The van der Waals surface area contributed by atoms with E-state index in [0.717, 1.165) is 56.9 Å². The van der Waals surface area contributed by atoms with Crippen LogP contribution in [0.3, 0.4) is 0 Å². The summed E-state index contributed by atoms with van der Waals surface area (Å²) >= 11 is 4.85. The standard InChI is InChI=1S/C24H29N3O3S3/c1-5-11-31-23-26-21(32-14-19(28)25-15-7-9-16(29-4)10-8-15)20-17-12-24(3,6-2)30-13-18(17)33-22(20)27-23/h7-10H,5-6,11-14H2,1-4H3,(H,25,28). The first-order chi connectivity index (χ1) is 15.9. The minimum absolute atomic E-state index is 0.0643. The predicted molar refractivity (Wildman–Crippen MR) is 138 cm³/mol. The van der Waals surface area contributed by atoms with Gasteiger partial charge >= 0.3 is 0 Å². The second-order valence-electron chi connectivity index (χ2n) is 8.18. The molecular weight excluding hydrogens is 474 g/mol. The van der Waals surface area contributed by atoms with Crippen molar-refractivity contribution in [2.75, 3.05) is 23.9 Å². The molecule has 33 heavy (non-hydrogen) atoms. The number of amides is 1. The number of ether oxygens (including phenoxy) is 2. The van der Waals surface area contributed by atoms with Crippen LogP contribution in [0.5, 0.6) is 5.75 Å². The van der Waals surface area contributed by atoms with Crippen molar-refractivity contribution in [3.63, 3.8) is 0 Å². The number of aromatic nitrogens is 2. The number of hydrogen-bond donors (Lipinski definition) is 1. The Morgan fingerprint density at radius 2 is 2.03 bits per heavy atom. The number of hydrogen-bond acceptors (Lipinski definition) is 8. The molecule has 3 heterocycles. The maximum Gasteiger partial charge on any atom is 0.234 e. The van der Waals surface area contributed by atoms with Crippen LogP contribution in [0.2, 0.25) is 0 Å². The van der Waals surface area contributed by atoms with Crippen molar-refractivity contribution in [1.82, 2.24) is 9.97 Å². The summed E-state index contributed by atoms with van der Waals surface area (Å²) in [5.41, 5.74) is 1.86. The summed E-state index contributed by atoms with van der Waals surface area (Å²) in [4.78, 5) is 24.6. The Bertz CT molecular complexity index is 1130. The van der Waals surface area contributed by atoms with Crippen LogP contribution in [0.15, 0.2) is 34.4 Å². The van der Waals surface area contributed by atoms with Crippen LogP contribution >= 0.6 is 34.9 Å². The number of thioether (sulfide) groups is 2. The van der Waals surface area contributed by atoms with Crippen molar-refractivity contribution < 1.29 is 14.3 Å². The average molecular weight is 504 g/mol. The molecule has 176 valence electrons. The fourth-order valence-electron chi connectivity index (χ4n) is 3.61. The van der Waals surface area contributed by atoms with Gasteiger partial charge in [0.2, 0.25) is 5.91 Å². The third kappa shape index (κ3) is 5.65. The third-order valence-electron chi connectivity index (χ3n) is 5.68. The molecule has 0 radical (unpaired) electrons. The fourth-order valence-corrected chi connectivity index (χ4v) is 6.45. The second kappa shape index (κ2) is 10.6. The summed E-state index contributed by atoms with van der Waals surface area (Å²) < 4.78 is 11.3. The highest BCUT2D eigenvalue weighted by Crippen LogP contribution is 2.43. The molecule has 0 aliphatic carbocycles. The molecule has 6 nitrogen and oxygen atoms in total. The lowest BCUT2D eigenvalue weighted by Crippen LogP contribution is -2.33. The van der Waals surface area contributed by atoms with Gasteiger partial charge in [-0.3, -0.25) is 4.79 Å². The Labute approximate surface area is 207 Å². The molecule has 2 aromatic heterocycles. The summed E-state index contributed by atoms with van der Waals surface area (Å²) in [6.45, 7) is 7.09. The highest BCUT2D eigenvalue weighted by molar-refractivity contribution is 8.00. The van der Waals surface area contributed by atoms with Gasteiger partial charge in [0.25, 0.3) is 0 Å². The van der Waals surface area contributed by atoms with Gasteiger partial charge in [0.15, 0.2) is 5.16 Å². The lowest BCUT2D eigenvalue weighted by Gasteiger charge is -2.33. The van der Waals surface area contributed by atoms with Crippen LogP contribution in [0.1, 0.15) is 44.1 Å². The first-order valence-corrected chi connectivity index (χ1v) is 13.9. The highest BCUT2D eigenvalue weighted by atomic mass is 32.2. The summed E-state index contributed by atoms with van der Waals surface area (Å²) in [6.07, 6.45) is 2.85. The van der Waals surface area contributed by atoms with Crippen LogP contribution in [-0.2, 0) is 22.6 Å². The quantitative estimate of drug-likeness (QED) is 0.212. The van der Waals surface area contributed by atoms with E-state index in [0.29, 0.717) is 6.61 Å². The van der Waals surface area contributed by atoms with Crippen LogP contribution < -0.4 is 10.1 Å². The Kier molecular flexibility index (Phi) is 7.83. The minimum atomic E-state index is -0.176. The van der Waals surface area contributed by atoms with Crippen LogP contribution in [0.4, 0.5) is 5.69 Å². The average Bonchev–Trinajstić information content (AvgIpc) is 3.19. The van der Waals surface area contributed by atoms with Gasteiger partial charge in [0.1, 0.15) is 15.6 Å². The number of benzene rings is 1. The van der Waals surface area contributed by atoms with E-state index in [2.05, 4.69) is 26.1 Å². The normalized spacial score (nSPS) is 17.7. The zero-order valence-corrected chi connectivity index (χ0v) is 21.8. The molecule has 3 aromatic rings. The zero-order valence-electron chi connectivity index (χ0n) is 19.4. The van der Waals surface area contributed by atoms with Crippen molar-refractivity contribution in [3.8, 4) is 5.75 Å². The maximum absolute atomic E-state index is 12.7. The highest BCUT2D eigenvalue weighted by Gasteiger charge is 2.33. The van der Waals surface area contributed by atoms with Gasteiger partial charge in [-0.25, -0.2) is 9.97 Å². The van der Waals surface area contributed by atoms with Crippen molar-refractivity contribution >= 4 is 56.7 Å². The molecule has 0 saturated carbocycles. The Hall–Kier alpha value is -1.81. The van der Waals surface area contributed by atoms with Gasteiger partial charge < -0.3 is 14.8 Å². The molecule has 1 unspecified atom stereocenters. The number of nitrogens with zero attached hydrogens (tertiary/aromatic N) is 2. The van der Waals surface area contributed by atoms with E-state index in [1.807, 2.05) is 24.3 Å². The van der Waals surface area contributed by atoms with Crippen LogP contribution in [0, 0.1) is 0 Å². The molecule has 1 aliphatic heterocycles. The van der Waals surface area contributed by atoms with E-state index in [9.17, 15) is 4.79 Å². The molecule has 9 heteroatoms. The molecule has 1 N–H and O–H groups in total.